The van der Waals surface area contributed by atoms with E-state index in [1.807, 2.05) is 18.7 Å². The number of carbonyl (C=O) groups is 3. The number of likely N-dealkylation sites (tertiary alicyclic amines) is 1. The van der Waals surface area contributed by atoms with Crippen LogP contribution in [0.1, 0.15) is 49.9 Å². The number of nitrogens with zero attached hydrogens (tertiary/aromatic N) is 3. The van der Waals surface area contributed by atoms with Gasteiger partial charge in [-0.05, 0) is 36.8 Å². The molecule has 9 heteroatoms. The average Bonchev–Trinajstić information content (AvgIpc) is 3.39. The third kappa shape index (κ3) is 6.65. The summed E-state index contributed by atoms with van der Waals surface area (Å²) in [7, 11) is 0. The molecular formula is C22H30N4O4S. The van der Waals surface area contributed by atoms with Crippen molar-refractivity contribution < 1.29 is 18.8 Å². The van der Waals surface area contributed by atoms with Gasteiger partial charge in [-0.15, -0.1) is 11.3 Å². The molecule has 0 bridgehead atoms. The Hall–Kier alpha value is -2.68. The number of thiazole rings is 1. The van der Waals surface area contributed by atoms with Crippen LogP contribution in [0, 0.1) is 11.8 Å². The number of aromatic nitrogens is 1. The first-order valence-electron chi connectivity index (χ1n) is 10.7. The van der Waals surface area contributed by atoms with E-state index in [0.29, 0.717) is 23.3 Å². The lowest BCUT2D eigenvalue weighted by Crippen LogP contribution is -2.40. The Morgan fingerprint density at radius 3 is 2.71 bits per heavy atom. The quantitative estimate of drug-likeness (QED) is 0.671. The SMILES string of the molecule is CC(C)CN(CC(=O)Nc1nc(CC(=O)N2CCC(C)CC2)cs1)C(=O)c1ccco1. The highest BCUT2D eigenvalue weighted by Gasteiger charge is 2.23. The van der Waals surface area contributed by atoms with Crippen molar-refractivity contribution in [1.82, 2.24) is 14.8 Å². The molecule has 1 aliphatic rings. The molecule has 8 nitrogen and oxygen atoms in total. The molecule has 3 rings (SSSR count). The molecule has 0 aromatic carbocycles. The minimum absolute atomic E-state index is 0.0715. The van der Waals surface area contributed by atoms with Crippen molar-refractivity contribution >= 4 is 34.2 Å². The Balaban J connectivity index is 1.54. The summed E-state index contributed by atoms with van der Waals surface area (Å²) in [6.45, 7) is 8.09. The van der Waals surface area contributed by atoms with Gasteiger partial charge in [0.15, 0.2) is 10.9 Å². The number of hydrogen-bond acceptors (Lipinski definition) is 6. The Labute approximate surface area is 186 Å². The number of carbonyl (C=O) groups excluding carboxylic acids is 3. The molecule has 2 aromatic rings. The molecule has 0 unspecified atom stereocenters. The summed E-state index contributed by atoms with van der Waals surface area (Å²) in [5.74, 6) is 0.479. The van der Waals surface area contributed by atoms with Crippen molar-refractivity contribution in [2.45, 2.75) is 40.0 Å². The van der Waals surface area contributed by atoms with Crippen LogP contribution in [0.25, 0.3) is 0 Å². The number of piperidine rings is 1. The van der Waals surface area contributed by atoms with Crippen molar-refractivity contribution in [2.24, 2.45) is 11.8 Å². The highest BCUT2D eigenvalue weighted by Crippen LogP contribution is 2.19. The summed E-state index contributed by atoms with van der Waals surface area (Å²) in [6, 6.07) is 3.23. The van der Waals surface area contributed by atoms with Crippen LogP contribution in [-0.4, -0.2) is 58.7 Å². The minimum Gasteiger partial charge on any atom is -0.459 e. The van der Waals surface area contributed by atoms with Crippen LogP contribution in [0.4, 0.5) is 5.13 Å². The molecule has 2 aromatic heterocycles. The van der Waals surface area contributed by atoms with Crippen LogP contribution in [0.15, 0.2) is 28.2 Å². The predicted molar refractivity (Wildman–Crippen MR) is 119 cm³/mol. The molecular weight excluding hydrogens is 416 g/mol. The number of hydrogen-bond donors (Lipinski definition) is 1. The first-order chi connectivity index (χ1) is 14.8. The van der Waals surface area contributed by atoms with Crippen LogP contribution < -0.4 is 5.32 Å². The maximum atomic E-state index is 12.6. The van der Waals surface area contributed by atoms with Gasteiger partial charge < -0.3 is 19.5 Å². The van der Waals surface area contributed by atoms with E-state index in [1.54, 1.807) is 17.5 Å². The number of anilines is 1. The summed E-state index contributed by atoms with van der Waals surface area (Å²) < 4.78 is 5.18. The summed E-state index contributed by atoms with van der Waals surface area (Å²) >= 11 is 1.28. The Morgan fingerprint density at radius 1 is 1.32 bits per heavy atom. The van der Waals surface area contributed by atoms with Gasteiger partial charge in [0.1, 0.15) is 6.54 Å². The monoisotopic (exact) mass is 446 g/mol. The lowest BCUT2D eigenvalue weighted by Gasteiger charge is -2.30. The molecule has 1 aliphatic heterocycles. The van der Waals surface area contributed by atoms with E-state index in [4.69, 9.17) is 4.42 Å². The van der Waals surface area contributed by atoms with E-state index in [1.165, 1.54) is 22.5 Å². The van der Waals surface area contributed by atoms with E-state index in [0.717, 1.165) is 25.9 Å². The zero-order valence-electron chi connectivity index (χ0n) is 18.3. The van der Waals surface area contributed by atoms with Crippen LogP contribution in [-0.2, 0) is 16.0 Å². The van der Waals surface area contributed by atoms with Crippen molar-refractivity contribution in [3.63, 3.8) is 0 Å². The maximum absolute atomic E-state index is 12.6. The van der Waals surface area contributed by atoms with E-state index in [2.05, 4.69) is 17.2 Å². The van der Waals surface area contributed by atoms with Crippen LogP contribution in [0.5, 0.6) is 0 Å². The number of amides is 3. The molecule has 1 fully saturated rings. The molecule has 31 heavy (non-hydrogen) atoms. The number of furan rings is 1. The lowest BCUT2D eigenvalue weighted by molar-refractivity contribution is -0.131. The molecule has 3 amide bonds. The van der Waals surface area contributed by atoms with Gasteiger partial charge in [0.25, 0.3) is 5.91 Å². The third-order valence-electron chi connectivity index (χ3n) is 5.21. The molecule has 0 aliphatic carbocycles. The van der Waals surface area contributed by atoms with Gasteiger partial charge in [-0.2, -0.15) is 0 Å². The average molecular weight is 447 g/mol. The molecule has 168 valence electrons. The molecule has 1 N–H and O–H groups in total. The van der Waals surface area contributed by atoms with Crippen LogP contribution in [0.2, 0.25) is 0 Å². The van der Waals surface area contributed by atoms with Gasteiger partial charge in [0.05, 0.1) is 18.4 Å². The number of nitrogens with one attached hydrogen (secondary N) is 1. The van der Waals surface area contributed by atoms with Gasteiger partial charge in [-0.3, -0.25) is 14.4 Å². The highest BCUT2D eigenvalue weighted by molar-refractivity contribution is 7.13. The second kappa shape index (κ2) is 10.6. The molecule has 3 heterocycles. The smallest absolute Gasteiger partial charge is 0.290 e. The zero-order valence-corrected chi connectivity index (χ0v) is 19.1. The highest BCUT2D eigenvalue weighted by atomic mass is 32.1. The van der Waals surface area contributed by atoms with E-state index >= 15 is 0 Å². The normalized spacial score (nSPS) is 14.6. The molecule has 0 spiro atoms. The summed E-state index contributed by atoms with van der Waals surface area (Å²) in [6.07, 6.45) is 3.74. The Bertz CT molecular complexity index is 885. The van der Waals surface area contributed by atoms with E-state index in [-0.39, 0.29) is 42.4 Å². The van der Waals surface area contributed by atoms with Gasteiger partial charge in [0, 0.05) is 25.0 Å². The maximum Gasteiger partial charge on any atom is 0.290 e. The fourth-order valence-electron chi connectivity index (χ4n) is 3.52. The second-order valence-electron chi connectivity index (χ2n) is 8.49. The largest absolute Gasteiger partial charge is 0.459 e. The Morgan fingerprint density at radius 2 is 2.06 bits per heavy atom. The first-order valence-corrected chi connectivity index (χ1v) is 11.5. The van der Waals surface area contributed by atoms with Crippen molar-refractivity contribution in [3.05, 3.63) is 35.2 Å². The summed E-state index contributed by atoms with van der Waals surface area (Å²) in [4.78, 5) is 45.4. The summed E-state index contributed by atoms with van der Waals surface area (Å²) in [5, 5.41) is 4.96. The third-order valence-corrected chi connectivity index (χ3v) is 6.01. The Kier molecular flexibility index (Phi) is 7.84. The fourth-order valence-corrected chi connectivity index (χ4v) is 4.25. The van der Waals surface area contributed by atoms with Crippen molar-refractivity contribution in [3.8, 4) is 0 Å². The van der Waals surface area contributed by atoms with Crippen LogP contribution in [0.3, 0.4) is 0 Å². The minimum atomic E-state index is -0.335. The second-order valence-corrected chi connectivity index (χ2v) is 9.35. The van der Waals surface area contributed by atoms with E-state index < -0.39 is 0 Å². The van der Waals surface area contributed by atoms with Gasteiger partial charge in [0.2, 0.25) is 11.8 Å². The van der Waals surface area contributed by atoms with Gasteiger partial charge in [-0.1, -0.05) is 20.8 Å². The lowest BCUT2D eigenvalue weighted by atomic mass is 9.99. The van der Waals surface area contributed by atoms with E-state index in [9.17, 15) is 14.4 Å². The summed E-state index contributed by atoms with van der Waals surface area (Å²) in [5.41, 5.74) is 0.648. The van der Waals surface area contributed by atoms with Gasteiger partial charge in [-0.25, -0.2) is 4.98 Å². The van der Waals surface area contributed by atoms with Gasteiger partial charge >= 0.3 is 0 Å². The standard InChI is InChI=1S/C22H30N4O4S/c1-15(2)12-26(21(29)18-5-4-10-30-18)13-19(27)24-22-23-17(14-31-22)11-20(28)25-8-6-16(3)7-9-25/h4-5,10,14-16H,6-9,11-13H2,1-3H3,(H,23,24,27). The van der Waals surface area contributed by atoms with Crippen molar-refractivity contribution in [2.75, 3.05) is 31.5 Å². The fraction of sp³-hybridized carbons (Fsp3) is 0.545. The predicted octanol–water partition coefficient (Wildman–Crippen LogP) is 3.27. The van der Waals surface area contributed by atoms with Crippen LogP contribution >= 0.6 is 11.3 Å². The molecule has 1 saturated heterocycles. The number of rotatable bonds is 8. The van der Waals surface area contributed by atoms with Crippen molar-refractivity contribution in [1.29, 1.82) is 0 Å². The molecule has 0 atom stereocenters. The molecule has 0 radical (unpaired) electrons. The molecule has 0 saturated carbocycles. The topological polar surface area (TPSA) is 95.8 Å². The first kappa shape index (κ1) is 23.0. The zero-order chi connectivity index (χ0) is 22.4.